The Bertz CT molecular complexity index is 611. The molecule has 2 rings (SSSR count). The quantitative estimate of drug-likeness (QED) is 0.857. The zero-order valence-corrected chi connectivity index (χ0v) is 11.3. The molecular weight excluding hydrogens is 287 g/mol. The van der Waals surface area contributed by atoms with Gasteiger partial charge in [0.1, 0.15) is 0 Å². The van der Waals surface area contributed by atoms with Gasteiger partial charge in [0.2, 0.25) is 0 Å². The molecule has 0 atom stereocenters. The van der Waals surface area contributed by atoms with Crippen LogP contribution in [0, 0.1) is 0 Å². The number of ether oxygens (including phenoxy) is 1. The monoisotopic (exact) mass is 301 g/mol. The van der Waals surface area contributed by atoms with E-state index in [1.165, 1.54) is 11.8 Å². The van der Waals surface area contributed by atoms with E-state index in [1.807, 2.05) is 0 Å². The van der Waals surface area contributed by atoms with Crippen molar-refractivity contribution in [3.63, 3.8) is 0 Å². The Labute approximate surface area is 118 Å². The fourth-order valence-corrected chi connectivity index (χ4v) is 1.94. The van der Waals surface area contributed by atoms with Gasteiger partial charge in [-0.25, -0.2) is 4.68 Å². The molecule has 0 unspecified atom stereocenters. The lowest BCUT2D eigenvalue weighted by Crippen LogP contribution is -2.11. The molecule has 21 heavy (non-hydrogen) atoms. The molecule has 0 bridgehead atoms. The molecule has 1 heterocycles. The van der Waals surface area contributed by atoms with Crippen LogP contribution in [0.2, 0.25) is 0 Å². The van der Waals surface area contributed by atoms with Crippen LogP contribution in [0.1, 0.15) is 12.8 Å². The largest absolute Gasteiger partial charge is 0.494 e. The number of halogens is 3. The first kappa shape index (κ1) is 15.1. The number of alkyl halides is 3. The van der Waals surface area contributed by atoms with Crippen LogP contribution >= 0.6 is 0 Å². The van der Waals surface area contributed by atoms with Crippen molar-refractivity contribution in [2.24, 2.45) is 0 Å². The predicted molar refractivity (Wildman–Crippen MR) is 69.5 cm³/mol. The van der Waals surface area contributed by atoms with Crippen LogP contribution < -0.4 is 10.5 Å². The Kier molecular flexibility index (Phi) is 4.29. The molecule has 2 N–H and O–H groups in total. The molecule has 1 aromatic carbocycles. The Morgan fingerprint density at radius 2 is 2.10 bits per heavy atom. The number of aryl methyl sites for hydroxylation is 1. The summed E-state index contributed by atoms with van der Waals surface area (Å²) in [4.78, 5) is 0. The highest BCUT2D eigenvalue weighted by atomic mass is 19.4. The van der Waals surface area contributed by atoms with Gasteiger partial charge >= 0.3 is 6.18 Å². The highest BCUT2D eigenvalue weighted by molar-refractivity contribution is 5.73. The van der Waals surface area contributed by atoms with E-state index in [2.05, 4.69) is 15.5 Å². The third-order valence-electron chi connectivity index (χ3n) is 2.85. The van der Waals surface area contributed by atoms with E-state index in [0.717, 1.165) is 0 Å². The molecule has 2 aromatic rings. The van der Waals surface area contributed by atoms with Crippen molar-refractivity contribution < 1.29 is 17.9 Å². The molecular formula is C12H14F3N5O. The second kappa shape index (κ2) is 5.98. The normalized spacial score (nSPS) is 11.6. The molecule has 0 fully saturated rings. The van der Waals surface area contributed by atoms with Gasteiger partial charge in [-0.05, 0) is 29.0 Å². The van der Waals surface area contributed by atoms with Gasteiger partial charge in [-0.15, -0.1) is 5.10 Å². The zero-order valence-electron chi connectivity index (χ0n) is 11.3. The Hall–Kier alpha value is -2.32. The molecule has 114 valence electrons. The molecule has 1 aromatic heterocycles. The molecule has 0 amide bonds. The smallest absolute Gasteiger partial charge is 0.389 e. The molecule has 0 saturated heterocycles. The van der Waals surface area contributed by atoms with Crippen molar-refractivity contribution in [2.45, 2.75) is 25.6 Å². The molecule has 0 radical (unpaired) electrons. The summed E-state index contributed by atoms with van der Waals surface area (Å²) < 4.78 is 43.1. The molecule has 0 aliphatic heterocycles. The minimum atomic E-state index is -4.19. The van der Waals surface area contributed by atoms with E-state index in [4.69, 9.17) is 10.5 Å². The van der Waals surface area contributed by atoms with Crippen molar-refractivity contribution in [1.29, 1.82) is 0 Å². The first-order valence-electron chi connectivity index (χ1n) is 6.18. The number of tetrazole rings is 1. The average Bonchev–Trinajstić information content (AvgIpc) is 2.85. The third kappa shape index (κ3) is 3.61. The van der Waals surface area contributed by atoms with Crippen LogP contribution in [0.15, 0.2) is 18.2 Å². The zero-order chi connectivity index (χ0) is 15.5. The number of nitrogens with two attached hydrogens (primary N) is 1. The molecule has 0 aliphatic rings. The summed E-state index contributed by atoms with van der Waals surface area (Å²) in [7, 11) is 1.45. The van der Waals surface area contributed by atoms with Gasteiger partial charge in [-0.2, -0.15) is 13.2 Å². The maximum absolute atomic E-state index is 12.2. The number of aromatic nitrogens is 4. The van der Waals surface area contributed by atoms with Crippen molar-refractivity contribution >= 4 is 5.69 Å². The van der Waals surface area contributed by atoms with Gasteiger partial charge in [-0.1, -0.05) is 6.07 Å². The summed E-state index contributed by atoms with van der Waals surface area (Å²) in [6, 6.07) is 5.04. The average molecular weight is 301 g/mol. The van der Waals surface area contributed by atoms with Crippen molar-refractivity contribution in [2.75, 3.05) is 12.8 Å². The lowest BCUT2D eigenvalue weighted by atomic mass is 10.1. The summed E-state index contributed by atoms with van der Waals surface area (Å²) in [6.45, 7) is 0.0554. The SMILES string of the molecule is COc1c(N)cccc1-c1nnnn1CCCC(F)(F)F. The van der Waals surface area contributed by atoms with E-state index in [-0.39, 0.29) is 13.0 Å². The summed E-state index contributed by atoms with van der Waals surface area (Å²) in [5.74, 6) is 0.714. The molecule has 0 spiro atoms. The van der Waals surface area contributed by atoms with Gasteiger partial charge in [-0.3, -0.25) is 0 Å². The van der Waals surface area contributed by atoms with Crippen molar-refractivity contribution in [1.82, 2.24) is 20.2 Å². The number of para-hydroxylation sites is 1. The van der Waals surface area contributed by atoms with Crippen molar-refractivity contribution in [3.8, 4) is 17.1 Å². The van der Waals surface area contributed by atoms with Crippen LogP contribution in [0.4, 0.5) is 18.9 Å². The molecule has 0 aliphatic carbocycles. The minimum absolute atomic E-state index is 0.0554. The summed E-state index contributed by atoms with van der Waals surface area (Å²) in [5.41, 5.74) is 6.73. The number of benzene rings is 1. The van der Waals surface area contributed by atoms with Gasteiger partial charge < -0.3 is 10.5 Å². The number of hydrogen-bond donors (Lipinski definition) is 1. The second-order valence-electron chi connectivity index (χ2n) is 4.37. The fraction of sp³-hybridized carbons (Fsp3) is 0.417. The summed E-state index contributed by atoms with van der Waals surface area (Å²) >= 11 is 0. The van der Waals surface area contributed by atoms with E-state index in [1.54, 1.807) is 18.2 Å². The van der Waals surface area contributed by atoms with Crippen LogP contribution in [-0.4, -0.2) is 33.5 Å². The van der Waals surface area contributed by atoms with E-state index < -0.39 is 12.6 Å². The van der Waals surface area contributed by atoms with Crippen LogP contribution in [-0.2, 0) is 6.54 Å². The molecule has 0 saturated carbocycles. The van der Waals surface area contributed by atoms with Gasteiger partial charge in [0, 0.05) is 13.0 Å². The third-order valence-corrected chi connectivity index (χ3v) is 2.85. The lowest BCUT2D eigenvalue weighted by molar-refractivity contribution is -0.136. The maximum atomic E-state index is 12.2. The second-order valence-corrected chi connectivity index (χ2v) is 4.37. The first-order chi connectivity index (χ1) is 9.92. The molecule has 6 nitrogen and oxygen atoms in total. The van der Waals surface area contributed by atoms with E-state index in [9.17, 15) is 13.2 Å². The first-order valence-corrected chi connectivity index (χ1v) is 6.18. The highest BCUT2D eigenvalue weighted by Gasteiger charge is 2.26. The number of nitrogens with zero attached hydrogens (tertiary/aromatic N) is 4. The summed E-state index contributed by atoms with van der Waals surface area (Å²) in [5, 5.41) is 11.0. The number of rotatable bonds is 5. The van der Waals surface area contributed by atoms with Gasteiger partial charge in [0.25, 0.3) is 0 Å². The molecule has 9 heteroatoms. The van der Waals surface area contributed by atoms with E-state index in [0.29, 0.717) is 22.8 Å². The lowest BCUT2D eigenvalue weighted by Gasteiger charge is -2.11. The van der Waals surface area contributed by atoms with Crippen LogP contribution in [0.5, 0.6) is 5.75 Å². The van der Waals surface area contributed by atoms with Crippen molar-refractivity contribution in [3.05, 3.63) is 18.2 Å². The summed E-state index contributed by atoms with van der Waals surface area (Å²) in [6.07, 6.45) is -5.18. The van der Waals surface area contributed by atoms with E-state index >= 15 is 0 Å². The van der Waals surface area contributed by atoms with Crippen LogP contribution in [0.3, 0.4) is 0 Å². The number of nitrogen functional groups attached to an aromatic ring is 1. The Balaban J connectivity index is 2.23. The fourth-order valence-electron chi connectivity index (χ4n) is 1.94. The Morgan fingerprint density at radius 1 is 1.33 bits per heavy atom. The van der Waals surface area contributed by atoms with Gasteiger partial charge in [0.05, 0.1) is 18.4 Å². The number of anilines is 1. The highest BCUT2D eigenvalue weighted by Crippen LogP contribution is 2.33. The standard InChI is InChI=1S/C12H14F3N5O/c1-21-10-8(4-2-5-9(10)16)11-17-18-19-20(11)7-3-6-12(13,14)15/h2,4-5H,3,6-7,16H2,1H3. The predicted octanol–water partition coefficient (Wildman–Crippen LogP) is 2.27. The Morgan fingerprint density at radius 3 is 2.76 bits per heavy atom. The maximum Gasteiger partial charge on any atom is 0.389 e. The van der Waals surface area contributed by atoms with Crippen LogP contribution in [0.25, 0.3) is 11.4 Å². The topological polar surface area (TPSA) is 78.8 Å². The minimum Gasteiger partial charge on any atom is -0.494 e. The number of hydrogen-bond acceptors (Lipinski definition) is 5. The van der Waals surface area contributed by atoms with Gasteiger partial charge in [0.15, 0.2) is 11.6 Å². The number of methoxy groups -OCH3 is 1.